The highest BCUT2D eigenvalue weighted by atomic mass is 32.2. The van der Waals surface area contributed by atoms with Gasteiger partial charge in [0.1, 0.15) is 11.6 Å². The van der Waals surface area contributed by atoms with Crippen molar-refractivity contribution in [1.82, 2.24) is 10.1 Å². The quantitative estimate of drug-likeness (QED) is 0.607. The van der Waals surface area contributed by atoms with Crippen LogP contribution < -0.4 is 9.47 Å². The Hall–Kier alpha value is -2.61. The van der Waals surface area contributed by atoms with E-state index in [-0.39, 0.29) is 5.75 Å². The van der Waals surface area contributed by atoms with Crippen molar-refractivity contribution >= 4 is 11.8 Å². The van der Waals surface area contributed by atoms with Gasteiger partial charge in [-0.05, 0) is 30.3 Å². The lowest BCUT2D eigenvalue weighted by Crippen LogP contribution is -1.91. The Morgan fingerprint density at radius 2 is 1.84 bits per heavy atom. The Labute approximate surface area is 147 Å². The van der Waals surface area contributed by atoms with Crippen molar-refractivity contribution in [1.29, 1.82) is 0 Å². The smallest absolute Gasteiger partial charge is 0.237 e. The fraction of sp³-hybridized carbons (Fsp3) is 0.176. The molecule has 0 N–H and O–H groups in total. The van der Waals surface area contributed by atoms with E-state index in [1.165, 1.54) is 19.2 Å². The summed E-state index contributed by atoms with van der Waals surface area (Å²) in [6.45, 7) is 0. The van der Waals surface area contributed by atoms with E-state index in [9.17, 15) is 8.78 Å². The number of aromatic nitrogens is 2. The summed E-state index contributed by atoms with van der Waals surface area (Å²) in [6.07, 6.45) is 0. The molecular formula is C17H14F2N2O3S. The molecule has 0 unspecified atom stereocenters. The molecule has 0 saturated carbocycles. The predicted molar refractivity (Wildman–Crippen MR) is 88.8 cm³/mol. The van der Waals surface area contributed by atoms with Crippen LogP contribution in [0.25, 0.3) is 11.4 Å². The standard InChI is InChI=1S/C17H14F2N2O3S/c1-22-13-5-3-10(7-14(13)23-2)17-20-16(24-21-17)9-25-15-6-4-11(18)8-12(15)19/h3-8H,9H2,1-2H3. The second-order valence-corrected chi connectivity index (χ2v) is 5.96. The summed E-state index contributed by atoms with van der Waals surface area (Å²) >= 11 is 1.15. The van der Waals surface area contributed by atoms with Crippen molar-refractivity contribution in [3.05, 3.63) is 53.9 Å². The Morgan fingerprint density at radius 3 is 2.56 bits per heavy atom. The summed E-state index contributed by atoms with van der Waals surface area (Å²) in [5.74, 6) is 0.893. The molecule has 0 aliphatic heterocycles. The maximum absolute atomic E-state index is 13.6. The number of halogens is 2. The highest BCUT2D eigenvalue weighted by molar-refractivity contribution is 7.98. The van der Waals surface area contributed by atoms with Crippen molar-refractivity contribution < 1.29 is 22.8 Å². The summed E-state index contributed by atoms with van der Waals surface area (Å²) in [4.78, 5) is 4.59. The van der Waals surface area contributed by atoms with Gasteiger partial charge in [-0.1, -0.05) is 5.16 Å². The zero-order valence-corrected chi connectivity index (χ0v) is 14.3. The highest BCUT2D eigenvalue weighted by Crippen LogP contribution is 2.32. The molecule has 8 heteroatoms. The van der Waals surface area contributed by atoms with Gasteiger partial charge in [0.25, 0.3) is 0 Å². The van der Waals surface area contributed by atoms with Crippen molar-refractivity contribution in [2.45, 2.75) is 10.6 Å². The lowest BCUT2D eigenvalue weighted by molar-refractivity contribution is 0.355. The normalized spacial score (nSPS) is 10.7. The molecule has 1 heterocycles. The Balaban J connectivity index is 1.74. The average molecular weight is 364 g/mol. The van der Waals surface area contributed by atoms with Gasteiger partial charge in [0.2, 0.25) is 11.7 Å². The van der Waals surface area contributed by atoms with E-state index in [4.69, 9.17) is 14.0 Å². The molecule has 0 fully saturated rings. The van der Waals surface area contributed by atoms with Gasteiger partial charge >= 0.3 is 0 Å². The molecule has 0 aliphatic rings. The topological polar surface area (TPSA) is 57.4 Å². The van der Waals surface area contributed by atoms with E-state index in [2.05, 4.69) is 10.1 Å². The van der Waals surface area contributed by atoms with Crippen LogP contribution >= 0.6 is 11.8 Å². The third-order valence-corrected chi connectivity index (χ3v) is 4.39. The summed E-state index contributed by atoms with van der Waals surface area (Å²) in [5.41, 5.74) is 0.700. The minimum absolute atomic E-state index is 0.267. The van der Waals surface area contributed by atoms with Gasteiger partial charge in [-0.3, -0.25) is 0 Å². The van der Waals surface area contributed by atoms with E-state index in [1.54, 1.807) is 25.3 Å². The molecule has 130 valence electrons. The van der Waals surface area contributed by atoms with Crippen LogP contribution in [-0.2, 0) is 5.75 Å². The van der Waals surface area contributed by atoms with E-state index in [0.29, 0.717) is 33.7 Å². The second kappa shape index (κ2) is 7.52. The Morgan fingerprint density at radius 1 is 1.04 bits per heavy atom. The predicted octanol–water partition coefficient (Wildman–Crippen LogP) is 4.32. The van der Waals surface area contributed by atoms with E-state index < -0.39 is 11.6 Å². The van der Waals surface area contributed by atoms with Gasteiger partial charge in [-0.2, -0.15) is 4.98 Å². The fourth-order valence-corrected chi connectivity index (χ4v) is 2.90. The second-order valence-electron chi connectivity index (χ2n) is 4.94. The van der Waals surface area contributed by atoms with Crippen molar-refractivity contribution in [2.24, 2.45) is 0 Å². The lowest BCUT2D eigenvalue weighted by Gasteiger charge is -2.07. The van der Waals surface area contributed by atoms with Crippen LogP contribution in [0.5, 0.6) is 11.5 Å². The molecule has 0 bridgehead atoms. The van der Waals surface area contributed by atoms with Crippen LogP contribution in [0.2, 0.25) is 0 Å². The van der Waals surface area contributed by atoms with Gasteiger partial charge in [-0.25, -0.2) is 8.78 Å². The summed E-state index contributed by atoms with van der Waals surface area (Å²) in [6, 6.07) is 8.68. The fourth-order valence-electron chi connectivity index (χ4n) is 2.14. The minimum atomic E-state index is -0.621. The first-order valence-electron chi connectivity index (χ1n) is 7.23. The number of rotatable bonds is 6. The molecule has 2 aromatic carbocycles. The molecule has 5 nitrogen and oxygen atoms in total. The molecule has 25 heavy (non-hydrogen) atoms. The number of methoxy groups -OCH3 is 2. The van der Waals surface area contributed by atoms with Crippen molar-refractivity contribution in [3.63, 3.8) is 0 Å². The molecule has 0 aliphatic carbocycles. The average Bonchev–Trinajstić information content (AvgIpc) is 3.09. The van der Waals surface area contributed by atoms with Gasteiger partial charge in [0.05, 0.1) is 20.0 Å². The monoisotopic (exact) mass is 364 g/mol. The van der Waals surface area contributed by atoms with Gasteiger partial charge in [-0.15, -0.1) is 11.8 Å². The van der Waals surface area contributed by atoms with Gasteiger partial charge < -0.3 is 14.0 Å². The number of nitrogens with zero attached hydrogens (tertiary/aromatic N) is 2. The molecule has 1 aromatic heterocycles. The minimum Gasteiger partial charge on any atom is -0.493 e. The zero-order valence-electron chi connectivity index (χ0n) is 13.5. The molecule has 3 aromatic rings. The van der Waals surface area contributed by atoms with Crippen molar-refractivity contribution in [3.8, 4) is 22.9 Å². The number of ether oxygens (including phenoxy) is 2. The molecular weight excluding hydrogens is 350 g/mol. The Kier molecular flexibility index (Phi) is 5.18. The summed E-state index contributed by atoms with van der Waals surface area (Å²) in [5, 5.41) is 3.92. The van der Waals surface area contributed by atoms with E-state index in [1.807, 2.05) is 0 Å². The SMILES string of the molecule is COc1ccc(-c2noc(CSc3ccc(F)cc3F)n2)cc1OC. The molecule has 0 radical (unpaired) electrons. The Bertz CT molecular complexity index is 886. The van der Waals surface area contributed by atoms with Gasteiger partial charge in [0.15, 0.2) is 11.5 Å². The number of thioether (sulfide) groups is 1. The van der Waals surface area contributed by atoms with Crippen LogP contribution in [-0.4, -0.2) is 24.4 Å². The number of hydrogen-bond acceptors (Lipinski definition) is 6. The molecule has 0 spiro atoms. The number of hydrogen-bond donors (Lipinski definition) is 0. The molecule has 0 saturated heterocycles. The summed E-state index contributed by atoms with van der Waals surface area (Å²) in [7, 11) is 3.09. The zero-order chi connectivity index (χ0) is 17.8. The largest absolute Gasteiger partial charge is 0.493 e. The number of benzene rings is 2. The lowest BCUT2D eigenvalue weighted by atomic mass is 10.2. The van der Waals surface area contributed by atoms with Crippen LogP contribution in [0.4, 0.5) is 8.78 Å². The summed E-state index contributed by atoms with van der Waals surface area (Å²) < 4.78 is 42.1. The van der Waals surface area contributed by atoms with Crippen LogP contribution in [0.1, 0.15) is 5.89 Å². The maximum Gasteiger partial charge on any atom is 0.237 e. The third kappa shape index (κ3) is 3.90. The third-order valence-electron chi connectivity index (χ3n) is 3.35. The van der Waals surface area contributed by atoms with Crippen LogP contribution in [0.3, 0.4) is 0 Å². The first kappa shape index (κ1) is 17.2. The first-order valence-corrected chi connectivity index (χ1v) is 8.22. The van der Waals surface area contributed by atoms with Crippen LogP contribution in [0, 0.1) is 11.6 Å². The van der Waals surface area contributed by atoms with E-state index in [0.717, 1.165) is 17.8 Å². The molecule has 3 rings (SSSR count). The highest BCUT2D eigenvalue weighted by Gasteiger charge is 2.13. The molecule has 0 atom stereocenters. The van der Waals surface area contributed by atoms with Gasteiger partial charge in [0, 0.05) is 16.5 Å². The maximum atomic E-state index is 13.6. The first-order chi connectivity index (χ1) is 12.1. The molecule has 0 amide bonds. The van der Waals surface area contributed by atoms with E-state index >= 15 is 0 Å². The van der Waals surface area contributed by atoms with Crippen molar-refractivity contribution in [2.75, 3.05) is 14.2 Å². The van der Waals surface area contributed by atoms with Crippen LogP contribution in [0.15, 0.2) is 45.8 Å².